The van der Waals surface area contributed by atoms with E-state index in [1.807, 2.05) is 0 Å². The molecule has 3 heterocycles. The number of hydrogen-bond acceptors (Lipinski definition) is 6. The Hall–Kier alpha value is -4.61. The lowest BCUT2D eigenvalue weighted by Gasteiger charge is -2.07. The van der Waals surface area contributed by atoms with E-state index in [-0.39, 0.29) is 56.6 Å². The van der Waals surface area contributed by atoms with E-state index in [0.29, 0.717) is 10.1 Å². The van der Waals surface area contributed by atoms with Gasteiger partial charge >= 0.3 is 6.18 Å². The molecular formula is C23H17F3N6O3. The number of nitrogens with two attached hydrogens (primary N) is 1. The number of nitrogens with zero attached hydrogens (tertiary/aromatic N) is 3. The van der Waals surface area contributed by atoms with Crippen molar-refractivity contribution in [3.05, 3.63) is 69.8 Å². The van der Waals surface area contributed by atoms with Crippen molar-refractivity contribution < 1.29 is 22.3 Å². The molecule has 12 heteroatoms. The van der Waals surface area contributed by atoms with E-state index in [1.54, 1.807) is 18.2 Å². The summed E-state index contributed by atoms with van der Waals surface area (Å²) in [5.74, 6) is -0.129. The van der Waals surface area contributed by atoms with Crippen LogP contribution < -0.4 is 16.0 Å². The number of halogens is 3. The minimum absolute atomic E-state index is 0.101. The van der Waals surface area contributed by atoms with Gasteiger partial charge in [-0.3, -0.25) is 10.2 Å². The summed E-state index contributed by atoms with van der Waals surface area (Å²) in [6, 6.07) is 10.8. The topological polar surface area (TPSA) is 135 Å². The van der Waals surface area contributed by atoms with Crippen molar-refractivity contribution in [1.82, 2.24) is 19.6 Å². The molecule has 0 aliphatic heterocycles. The smallest absolute Gasteiger partial charge is 0.435 e. The second-order valence-corrected chi connectivity index (χ2v) is 7.74. The predicted octanol–water partition coefficient (Wildman–Crippen LogP) is 4.12. The van der Waals surface area contributed by atoms with E-state index in [1.165, 1.54) is 38.3 Å². The highest BCUT2D eigenvalue weighted by Crippen LogP contribution is 2.38. The Morgan fingerprint density at radius 2 is 1.91 bits per heavy atom. The first-order valence-electron chi connectivity index (χ1n) is 10.2. The Balaban J connectivity index is 1.80. The minimum atomic E-state index is -4.81. The van der Waals surface area contributed by atoms with Crippen molar-refractivity contribution in [3.8, 4) is 28.3 Å². The van der Waals surface area contributed by atoms with Crippen molar-refractivity contribution in [2.24, 2.45) is 5.73 Å². The second kappa shape index (κ2) is 7.72. The molecule has 0 aliphatic rings. The van der Waals surface area contributed by atoms with Crippen LogP contribution in [0.15, 0.2) is 51.7 Å². The number of methoxy groups -OCH3 is 1. The van der Waals surface area contributed by atoms with E-state index in [0.717, 1.165) is 0 Å². The third-order valence-corrected chi connectivity index (χ3v) is 5.51. The molecule has 2 aromatic carbocycles. The molecule has 3 aromatic heterocycles. The van der Waals surface area contributed by atoms with Crippen molar-refractivity contribution in [2.75, 3.05) is 7.11 Å². The number of H-pyrrole nitrogens is 1. The van der Waals surface area contributed by atoms with Crippen LogP contribution in [0.4, 0.5) is 13.2 Å². The van der Waals surface area contributed by atoms with Crippen LogP contribution in [0, 0.1) is 12.3 Å². The van der Waals surface area contributed by atoms with Gasteiger partial charge in [0.2, 0.25) is 5.89 Å². The maximum atomic E-state index is 13.9. The quantitative estimate of drug-likeness (QED) is 0.261. The summed E-state index contributed by atoms with van der Waals surface area (Å²) in [4.78, 5) is 20.6. The van der Waals surface area contributed by atoms with Gasteiger partial charge in [0.15, 0.2) is 16.8 Å². The lowest BCUT2D eigenvalue weighted by Crippen LogP contribution is -2.19. The molecular weight excluding hydrogens is 465 g/mol. The summed E-state index contributed by atoms with van der Waals surface area (Å²) in [6.45, 7) is 1.53. The molecule has 0 unspecified atom stereocenters. The number of nitrogens with one attached hydrogen (secondary N) is 2. The van der Waals surface area contributed by atoms with Crippen LogP contribution in [0.5, 0.6) is 5.75 Å². The number of alkyl halides is 3. The van der Waals surface area contributed by atoms with E-state index < -0.39 is 17.4 Å². The molecule has 4 N–H and O–H groups in total. The number of benzene rings is 2. The number of aromatic amines is 1. The van der Waals surface area contributed by atoms with Crippen molar-refractivity contribution in [1.29, 1.82) is 5.41 Å². The maximum Gasteiger partial charge on any atom is 0.435 e. The predicted molar refractivity (Wildman–Crippen MR) is 122 cm³/mol. The molecule has 5 aromatic rings. The largest absolute Gasteiger partial charge is 0.494 e. The zero-order valence-electron chi connectivity index (χ0n) is 18.3. The molecule has 0 atom stereocenters. The van der Waals surface area contributed by atoms with Crippen molar-refractivity contribution in [3.63, 3.8) is 0 Å². The van der Waals surface area contributed by atoms with Crippen LogP contribution in [0.25, 0.3) is 39.3 Å². The Kier molecular flexibility index (Phi) is 4.90. The monoisotopic (exact) mass is 482 g/mol. The molecule has 178 valence electrons. The van der Waals surface area contributed by atoms with Crippen LogP contribution in [0.3, 0.4) is 0 Å². The molecule has 0 saturated heterocycles. The second-order valence-electron chi connectivity index (χ2n) is 7.74. The van der Waals surface area contributed by atoms with Crippen LogP contribution >= 0.6 is 0 Å². The minimum Gasteiger partial charge on any atom is -0.494 e. The zero-order valence-corrected chi connectivity index (χ0v) is 18.3. The van der Waals surface area contributed by atoms with E-state index in [4.69, 9.17) is 20.3 Å². The molecule has 0 amide bonds. The average molecular weight is 482 g/mol. The molecule has 0 fully saturated rings. The fourth-order valence-electron chi connectivity index (χ4n) is 3.93. The average Bonchev–Trinajstić information content (AvgIpc) is 3.40. The van der Waals surface area contributed by atoms with Crippen LogP contribution in [-0.2, 0) is 6.18 Å². The van der Waals surface area contributed by atoms with Crippen molar-refractivity contribution in [2.45, 2.75) is 13.1 Å². The van der Waals surface area contributed by atoms with Crippen LogP contribution in [0.1, 0.15) is 17.0 Å². The number of ether oxygens (including phenoxy) is 1. The van der Waals surface area contributed by atoms with Gasteiger partial charge in [-0.2, -0.15) is 22.8 Å². The number of oxazole rings is 1. The lowest BCUT2D eigenvalue weighted by atomic mass is 10.1. The molecule has 0 bridgehead atoms. The summed E-state index contributed by atoms with van der Waals surface area (Å²) in [6.07, 6.45) is -4.81. The molecule has 0 saturated carbocycles. The number of aromatic nitrogens is 4. The molecule has 5 rings (SSSR count). The number of fused-ring (bicyclic) bond motifs is 2. The van der Waals surface area contributed by atoms with E-state index in [9.17, 15) is 18.0 Å². The molecule has 0 radical (unpaired) electrons. The summed E-state index contributed by atoms with van der Waals surface area (Å²) < 4.78 is 53.4. The van der Waals surface area contributed by atoms with Gasteiger partial charge in [0.05, 0.1) is 12.7 Å². The Morgan fingerprint density at radius 3 is 2.54 bits per heavy atom. The van der Waals surface area contributed by atoms with Gasteiger partial charge < -0.3 is 19.9 Å². The fraction of sp³-hybridized carbons (Fsp3) is 0.130. The van der Waals surface area contributed by atoms with Gasteiger partial charge in [-0.05, 0) is 24.6 Å². The maximum absolute atomic E-state index is 13.9. The standard InChI is InChI=1S/C23H17F3N6O3/c1-10-15(21-30-17-13(34-2)8-12(19(27)28)9-14(17)35-21)22(33)32-20(29-10)16(11-6-4-3-5-7-11)18(31-32)23(24,25)26/h3-9,29H,1-2H3,(H3,27,28). The summed E-state index contributed by atoms with van der Waals surface area (Å²) in [7, 11) is 1.39. The first-order valence-corrected chi connectivity index (χ1v) is 10.2. The third-order valence-electron chi connectivity index (χ3n) is 5.51. The van der Waals surface area contributed by atoms with Crippen LogP contribution in [0.2, 0.25) is 0 Å². The van der Waals surface area contributed by atoms with Gasteiger partial charge in [0.25, 0.3) is 5.56 Å². The fourth-order valence-corrected chi connectivity index (χ4v) is 3.93. The number of amidine groups is 1. The Bertz CT molecular complexity index is 1680. The highest BCUT2D eigenvalue weighted by atomic mass is 19.4. The first kappa shape index (κ1) is 22.2. The third kappa shape index (κ3) is 3.50. The van der Waals surface area contributed by atoms with Gasteiger partial charge in [0, 0.05) is 11.3 Å². The van der Waals surface area contributed by atoms with Crippen molar-refractivity contribution >= 4 is 22.6 Å². The normalized spacial score (nSPS) is 11.9. The molecule has 0 aliphatic carbocycles. The molecule has 9 nitrogen and oxygen atoms in total. The molecule has 0 spiro atoms. The van der Waals surface area contributed by atoms with Gasteiger partial charge in [-0.15, -0.1) is 0 Å². The number of aryl methyl sites for hydroxylation is 1. The number of hydrogen-bond donors (Lipinski definition) is 3. The summed E-state index contributed by atoms with van der Waals surface area (Å²) in [5.41, 5.74) is 4.30. The number of nitrogen functional groups attached to an aromatic ring is 1. The summed E-state index contributed by atoms with van der Waals surface area (Å²) in [5, 5.41) is 11.3. The zero-order chi connectivity index (χ0) is 25.1. The molecule has 35 heavy (non-hydrogen) atoms. The Morgan fingerprint density at radius 1 is 1.20 bits per heavy atom. The SMILES string of the molecule is COc1cc(C(=N)N)cc2oc(-c3c(C)[nH]c4c(-c5ccccc5)c(C(F)(F)F)nn4c3=O)nc12. The van der Waals surface area contributed by atoms with Gasteiger partial charge in [0.1, 0.15) is 22.8 Å². The Labute approximate surface area is 194 Å². The van der Waals surface area contributed by atoms with E-state index >= 15 is 0 Å². The van der Waals surface area contributed by atoms with Crippen LogP contribution in [-0.4, -0.2) is 32.5 Å². The van der Waals surface area contributed by atoms with Gasteiger partial charge in [-0.25, -0.2) is 4.98 Å². The number of rotatable bonds is 4. The highest BCUT2D eigenvalue weighted by molar-refractivity contribution is 5.99. The first-order chi connectivity index (χ1) is 16.6. The van der Waals surface area contributed by atoms with E-state index in [2.05, 4.69) is 15.1 Å². The summed E-state index contributed by atoms with van der Waals surface area (Å²) >= 11 is 0. The lowest BCUT2D eigenvalue weighted by molar-refractivity contribution is -0.140. The highest BCUT2D eigenvalue weighted by Gasteiger charge is 2.39. The van der Waals surface area contributed by atoms with Gasteiger partial charge in [-0.1, -0.05) is 30.3 Å².